The molecular weight excluding hydrogens is 320 g/mol. The molecule has 5 nitrogen and oxygen atoms in total. The fourth-order valence-electron chi connectivity index (χ4n) is 3.62. The van der Waals surface area contributed by atoms with Gasteiger partial charge in [-0.15, -0.1) is 0 Å². The van der Waals surface area contributed by atoms with Crippen LogP contribution in [0, 0.1) is 5.92 Å². The van der Waals surface area contributed by atoms with Gasteiger partial charge >= 0.3 is 5.97 Å². The molecular formula is C20H26O5. The molecule has 3 unspecified atom stereocenters. The van der Waals surface area contributed by atoms with Crippen molar-refractivity contribution in [1.82, 2.24) is 0 Å². The number of rotatable bonds is 0. The molecule has 0 radical (unpaired) electrons. The van der Waals surface area contributed by atoms with E-state index in [1.54, 1.807) is 19.9 Å². The second kappa shape index (κ2) is 6.22. The van der Waals surface area contributed by atoms with Gasteiger partial charge < -0.3 is 14.6 Å². The quantitative estimate of drug-likeness (QED) is 0.316. The molecule has 0 aromatic carbocycles. The zero-order chi connectivity index (χ0) is 18.4. The molecule has 0 bridgehead atoms. The fourth-order valence-corrected chi connectivity index (χ4v) is 3.62. The molecule has 5 heteroatoms. The van der Waals surface area contributed by atoms with Crippen LogP contribution in [0.5, 0.6) is 0 Å². The van der Waals surface area contributed by atoms with Gasteiger partial charge in [0.25, 0.3) is 0 Å². The minimum atomic E-state index is -0.934. The molecule has 2 heterocycles. The van der Waals surface area contributed by atoms with Crippen LogP contribution in [-0.2, 0) is 19.1 Å². The summed E-state index contributed by atoms with van der Waals surface area (Å²) < 4.78 is 11.1. The Labute approximate surface area is 148 Å². The molecule has 5 atom stereocenters. The summed E-state index contributed by atoms with van der Waals surface area (Å²) in [5.74, 6) is -0.815. The molecule has 25 heavy (non-hydrogen) atoms. The van der Waals surface area contributed by atoms with Crippen molar-refractivity contribution in [1.29, 1.82) is 0 Å². The Bertz CT molecular complexity index is 672. The first kappa shape index (κ1) is 18.1. The highest BCUT2D eigenvalue weighted by molar-refractivity contribution is 5.95. The summed E-state index contributed by atoms with van der Waals surface area (Å²) in [4.78, 5) is 24.7. The average Bonchev–Trinajstić information content (AvgIpc) is 3.13. The topological polar surface area (TPSA) is 76.1 Å². The lowest BCUT2D eigenvalue weighted by atomic mass is 9.84. The van der Waals surface area contributed by atoms with Crippen LogP contribution in [0.1, 0.15) is 46.5 Å². The lowest BCUT2D eigenvalue weighted by molar-refractivity contribution is -0.137. The SMILES string of the molecule is C=C1C(=O)O[C@H]2/C=C(\C)C/C=C/C(C)(O)CCC3OC3(C)C(=O)C[C@@H]12. The maximum Gasteiger partial charge on any atom is 0.334 e. The highest BCUT2D eigenvalue weighted by atomic mass is 16.6. The zero-order valence-electron chi connectivity index (χ0n) is 15.1. The molecule has 0 aromatic rings. The Morgan fingerprint density at radius 1 is 1.32 bits per heavy atom. The summed E-state index contributed by atoms with van der Waals surface area (Å²) in [6.45, 7) is 9.31. The normalized spacial score (nSPS) is 45.5. The van der Waals surface area contributed by atoms with E-state index in [0.29, 0.717) is 24.8 Å². The Balaban J connectivity index is 1.89. The molecule has 0 amide bonds. The van der Waals surface area contributed by atoms with Crippen molar-refractivity contribution in [3.8, 4) is 0 Å². The number of ketones is 1. The van der Waals surface area contributed by atoms with Gasteiger partial charge in [-0.2, -0.15) is 0 Å². The van der Waals surface area contributed by atoms with Crippen molar-refractivity contribution in [2.24, 2.45) is 5.92 Å². The lowest BCUT2D eigenvalue weighted by Crippen LogP contribution is -2.30. The predicted octanol–water partition coefficient (Wildman–Crippen LogP) is 2.64. The maximum absolute atomic E-state index is 12.8. The molecule has 2 aliphatic heterocycles. The van der Waals surface area contributed by atoms with Crippen LogP contribution < -0.4 is 0 Å². The van der Waals surface area contributed by atoms with E-state index < -0.39 is 23.3 Å². The summed E-state index contributed by atoms with van der Waals surface area (Å²) >= 11 is 0. The largest absolute Gasteiger partial charge is 0.454 e. The number of ether oxygens (including phenoxy) is 2. The Kier molecular flexibility index (Phi) is 4.50. The zero-order valence-corrected chi connectivity index (χ0v) is 15.1. The number of carbonyl (C=O) groups is 2. The van der Waals surface area contributed by atoms with Crippen LogP contribution in [0.25, 0.3) is 0 Å². The van der Waals surface area contributed by atoms with E-state index in [-0.39, 0.29) is 24.2 Å². The standard InChI is InChI=1S/C20H26O5/c1-12-6-5-8-19(3,23)9-7-17-20(4,25-17)16(21)11-14-13(2)18(22)24-15(14)10-12/h5,8,10,14-15,17,23H,2,6-7,9,11H2,1,3-4H3/b8-5+,12-10+/t14-,15-,17?,19?,20?/m0/s1. The monoisotopic (exact) mass is 346 g/mol. The first-order valence-electron chi connectivity index (χ1n) is 8.81. The average molecular weight is 346 g/mol. The molecule has 0 saturated carbocycles. The van der Waals surface area contributed by atoms with Crippen molar-refractivity contribution >= 4 is 11.8 Å². The summed E-state index contributed by atoms with van der Waals surface area (Å²) in [6.07, 6.45) is 6.90. The first-order valence-corrected chi connectivity index (χ1v) is 8.81. The second-order valence-electron chi connectivity index (χ2n) is 7.86. The van der Waals surface area contributed by atoms with Crippen molar-refractivity contribution in [3.63, 3.8) is 0 Å². The van der Waals surface area contributed by atoms with Gasteiger partial charge in [0.2, 0.25) is 0 Å². The van der Waals surface area contributed by atoms with Crippen LogP contribution >= 0.6 is 0 Å². The van der Waals surface area contributed by atoms with Crippen LogP contribution in [0.4, 0.5) is 0 Å². The number of carbonyl (C=O) groups excluding carboxylic acids is 2. The molecule has 3 aliphatic rings. The summed E-state index contributed by atoms with van der Waals surface area (Å²) in [6, 6.07) is 0. The molecule has 3 rings (SSSR count). The Morgan fingerprint density at radius 2 is 2.04 bits per heavy atom. The number of aliphatic hydroxyl groups is 1. The van der Waals surface area contributed by atoms with Gasteiger partial charge in [-0.1, -0.05) is 24.3 Å². The number of allylic oxidation sites excluding steroid dienone is 2. The Hall–Kier alpha value is -1.72. The molecule has 2 saturated heterocycles. The number of Topliss-reactive ketones (excluding diaryl/α,β-unsaturated/α-hetero) is 1. The van der Waals surface area contributed by atoms with E-state index in [9.17, 15) is 14.7 Å². The highest BCUT2D eigenvalue weighted by Gasteiger charge is 2.58. The third-order valence-electron chi connectivity index (χ3n) is 5.53. The van der Waals surface area contributed by atoms with E-state index >= 15 is 0 Å². The van der Waals surface area contributed by atoms with Crippen molar-refractivity contribution in [3.05, 3.63) is 36.0 Å². The molecule has 1 aliphatic carbocycles. The summed E-state index contributed by atoms with van der Waals surface area (Å²) in [5, 5.41) is 10.4. The predicted molar refractivity (Wildman–Crippen MR) is 92.8 cm³/mol. The molecule has 136 valence electrons. The van der Waals surface area contributed by atoms with Gasteiger partial charge in [0, 0.05) is 17.9 Å². The van der Waals surface area contributed by atoms with E-state index in [2.05, 4.69) is 6.58 Å². The highest BCUT2D eigenvalue weighted by Crippen LogP contribution is 2.44. The van der Waals surface area contributed by atoms with Crippen LogP contribution in [0.3, 0.4) is 0 Å². The van der Waals surface area contributed by atoms with Gasteiger partial charge in [0.05, 0.1) is 11.7 Å². The van der Waals surface area contributed by atoms with Gasteiger partial charge in [-0.25, -0.2) is 4.79 Å². The van der Waals surface area contributed by atoms with E-state index in [4.69, 9.17) is 9.47 Å². The van der Waals surface area contributed by atoms with E-state index in [1.165, 1.54) is 0 Å². The third kappa shape index (κ3) is 3.62. The minimum absolute atomic E-state index is 0.0368. The smallest absolute Gasteiger partial charge is 0.334 e. The number of hydrogen-bond acceptors (Lipinski definition) is 5. The minimum Gasteiger partial charge on any atom is -0.454 e. The van der Waals surface area contributed by atoms with Crippen LogP contribution in [0.15, 0.2) is 36.0 Å². The van der Waals surface area contributed by atoms with Gasteiger partial charge in [-0.3, -0.25) is 4.79 Å². The van der Waals surface area contributed by atoms with Crippen LogP contribution in [0.2, 0.25) is 0 Å². The maximum atomic E-state index is 12.8. The van der Waals surface area contributed by atoms with E-state index in [0.717, 1.165) is 5.57 Å². The summed E-state index contributed by atoms with van der Waals surface area (Å²) in [7, 11) is 0. The molecule has 1 N–H and O–H groups in total. The Morgan fingerprint density at radius 3 is 2.76 bits per heavy atom. The van der Waals surface area contributed by atoms with Gasteiger partial charge in [0.15, 0.2) is 5.78 Å². The lowest BCUT2D eigenvalue weighted by Gasteiger charge is -2.20. The fraction of sp³-hybridized carbons (Fsp3) is 0.600. The number of fused-ring (bicyclic) bond motifs is 2. The molecule has 2 fully saturated rings. The third-order valence-corrected chi connectivity index (χ3v) is 5.53. The summed E-state index contributed by atoms with van der Waals surface area (Å²) in [5.41, 5.74) is -0.398. The number of esters is 1. The van der Waals surface area contributed by atoms with Gasteiger partial charge in [0.1, 0.15) is 11.7 Å². The van der Waals surface area contributed by atoms with E-state index in [1.807, 2.05) is 19.1 Å². The van der Waals surface area contributed by atoms with Gasteiger partial charge in [-0.05, 0) is 46.1 Å². The van der Waals surface area contributed by atoms with Crippen molar-refractivity contribution < 1.29 is 24.2 Å². The van der Waals surface area contributed by atoms with Crippen molar-refractivity contribution in [2.45, 2.75) is 69.9 Å². The molecule has 0 aromatic heterocycles. The molecule has 0 spiro atoms. The second-order valence-corrected chi connectivity index (χ2v) is 7.86. The number of epoxide rings is 1. The van der Waals surface area contributed by atoms with Crippen LogP contribution in [-0.4, -0.2) is 40.3 Å². The number of hydrogen-bond donors (Lipinski definition) is 1. The van der Waals surface area contributed by atoms with Crippen molar-refractivity contribution in [2.75, 3.05) is 0 Å². The first-order chi connectivity index (χ1) is 11.6.